The molecule has 0 aliphatic carbocycles. The first kappa shape index (κ1) is 35.4. The van der Waals surface area contributed by atoms with Gasteiger partial charge in [-0.15, -0.1) is 0 Å². The van der Waals surface area contributed by atoms with Crippen LogP contribution in [-0.4, -0.2) is 4.57 Å². The van der Waals surface area contributed by atoms with Crippen molar-refractivity contribution < 1.29 is 4.42 Å². The number of hydrogen-bond acceptors (Lipinski definition) is 2. The molecule has 0 atom stereocenters. The molecule has 294 valence electrons. The molecule has 0 aliphatic rings. The molecule has 3 heteroatoms. The predicted molar refractivity (Wildman–Crippen MR) is 266 cm³/mol. The first-order valence-corrected chi connectivity index (χ1v) is 21.6. The third kappa shape index (κ3) is 5.53. The number of aromatic nitrogens is 1. The molecule has 0 unspecified atom stereocenters. The minimum absolute atomic E-state index is 0.897. The van der Waals surface area contributed by atoms with Gasteiger partial charge in [0.05, 0.1) is 16.7 Å². The molecule has 0 amide bonds. The molecule has 0 N–H and O–H groups in total. The minimum Gasteiger partial charge on any atom is -0.455 e. The highest BCUT2D eigenvalue weighted by atomic mass is 16.3. The van der Waals surface area contributed by atoms with Crippen molar-refractivity contribution in [1.29, 1.82) is 0 Å². The van der Waals surface area contributed by atoms with Crippen LogP contribution in [0.4, 0.5) is 17.1 Å². The van der Waals surface area contributed by atoms with E-state index in [1.165, 1.54) is 59.7 Å². The number of hydrogen-bond donors (Lipinski definition) is 0. The molecule has 0 saturated carbocycles. The third-order valence-electron chi connectivity index (χ3n) is 13.0. The lowest BCUT2D eigenvalue weighted by Gasteiger charge is -2.27. The Balaban J connectivity index is 0.997. The number of furan rings is 1. The van der Waals surface area contributed by atoms with Crippen molar-refractivity contribution >= 4 is 93.1 Å². The fourth-order valence-corrected chi connectivity index (χ4v) is 10.2. The number of rotatable bonds is 6. The summed E-state index contributed by atoms with van der Waals surface area (Å²) >= 11 is 0. The van der Waals surface area contributed by atoms with E-state index in [0.717, 1.165) is 61.4 Å². The van der Waals surface area contributed by atoms with E-state index in [1.807, 2.05) is 6.07 Å². The van der Waals surface area contributed by atoms with E-state index < -0.39 is 0 Å². The summed E-state index contributed by atoms with van der Waals surface area (Å²) in [5, 5.41) is 12.3. The lowest BCUT2D eigenvalue weighted by molar-refractivity contribution is 0.670. The summed E-state index contributed by atoms with van der Waals surface area (Å²) in [6.07, 6.45) is 0. The number of nitrogens with zero attached hydrogens (tertiary/aromatic N) is 2. The second kappa shape index (κ2) is 14.1. The molecule has 13 aromatic rings. The van der Waals surface area contributed by atoms with E-state index in [2.05, 4.69) is 234 Å². The smallest absolute Gasteiger partial charge is 0.143 e. The van der Waals surface area contributed by atoms with E-state index in [1.54, 1.807) is 0 Å². The van der Waals surface area contributed by atoms with Crippen LogP contribution in [0.25, 0.3) is 104 Å². The summed E-state index contributed by atoms with van der Waals surface area (Å²) in [5.41, 5.74) is 13.0. The average molecular weight is 803 g/mol. The molecule has 11 aromatic carbocycles. The monoisotopic (exact) mass is 802 g/mol. The highest BCUT2D eigenvalue weighted by molar-refractivity contribution is 6.26. The molecule has 63 heavy (non-hydrogen) atoms. The predicted octanol–water partition coefficient (Wildman–Crippen LogP) is 16.9. The Morgan fingerprint density at radius 2 is 0.810 bits per heavy atom. The fraction of sp³-hybridized carbons (Fsp3) is 0. The van der Waals surface area contributed by atoms with Crippen LogP contribution in [0.15, 0.2) is 235 Å². The van der Waals surface area contributed by atoms with Gasteiger partial charge in [-0.05, 0) is 104 Å². The zero-order valence-corrected chi connectivity index (χ0v) is 34.2. The summed E-state index contributed by atoms with van der Waals surface area (Å²) in [7, 11) is 0. The molecule has 0 aliphatic heterocycles. The van der Waals surface area contributed by atoms with Crippen LogP contribution in [-0.2, 0) is 0 Å². The zero-order chi connectivity index (χ0) is 41.4. The van der Waals surface area contributed by atoms with Gasteiger partial charge in [0, 0.05) is 49.7 Å². The van der Waals surface area contributed by atoms with Gasteiger partial charge in [-0.1, -0.05) is 170 Å². The van der Waals surface area contributed by atoms with Crippen molar-refractivity contribution in [2.75, 3.05) is 4.90 Å². The van der Waals surface area contributed by atoms with Crippen molar-refractivity contribution in [3.63, 3.8) is 0 Å². The van der Waals surface area contributed by atoms with Gasteiger partial charge in [-0.2, -0.15) is 0 Å². The van der Waals surface area contributed by atoms with Gasteiger partial charge in [0.1, 0.15) is 11.2 Å². The van der Waals surface area contributed by atoms with Gasteiger partial charge in [0.25, 0.3) is 0 Å². The Morgan fingerprint density at radius 1 is 0.302 bits per heavy atom. The van der Waals surface area contributed by atoms with Crippen molar-refractivity contribution in [2.24, 2.45) is 0 Å². The van der Waals surface area contributed by atoms with Crippen LogP contribution in [0.5, 0.6) is 0 Å². The molecule has 2 heterocycles. The lowest BCUT2D eigenvalue weighted by Crippen LogP contribution is -2.10. The Labute approximate surface area is 363 Å². The minimum atomic E-state index is 0.897. The van der Waals surface area contributed by atoms with Gasteiger partial charge >= 0.3 is 0 Å². The first-order chi connectivity index (χ1) is 31.3. The highest BCUT2D eigenvalue weighted by Crippen LogP contribution is 2.44. The summed E-state index contributed by atoms with van der Waals surface area (Å²) in [6.45, 7) is 0. The second-order valence-corrected chi connectivity index (χ2v) is 16.4. The van der Waals surface area contributed by atoms with Crippen molar-refractivity contribution in [3.8, 4) is 27.9 Å². The van der Waals surface area contributed by atoms with Crippen LogP contribution >= 0.6 is 0 Å². The number of fused-ring (bicyclic) bond motifs is 12. The summed E-state index contributed by atoms with van der Waals surface area (Å²) < 4.78 is 8.97. The molecular formula is C60H38N2O. The molecule has 0 saturated heterocycles. The van der Waals surface area contributed by atoms with Gasteiger partial charge < -0.3 is 13.9 Å². The number of para-hydroxylation sites is 5. The lowest BCUT2D eigenvalue weighted by atomic mass is 9.94. The Morgan fingerprint density at radius 3 is 1.52 bits per heavy atom. The molecule has 2 aromatic heterocycles. The van der Waals surface area contributed by atoms with Crippen LogP contribution in [0.2, 0.25) is 0 Å². The first-order valence-electron chi connectivity index (χ1n) is 21.6. The van der Waals surface area contributed by atoms with Gasteiger partial charge in [-0.3, -0.25) is 0 Å². The van der Waals surface area contributed by atoms with Crippen molar-refractivity contribution in [3.05, 3.63) is 231 Å². The maximum atomic E-state index is 6.56. The molecule has 0 radical (unpaired) electrons. The van der Waals surface area contributed by atoms with Crippen LogP contribution in [0, 0.1) is 0 Å². The quantitative estimate of drug-likeness (QED) is 0.156. The third-order valence-corrected chi connectivity index (χ3v) is 13.0. The molecule has 13 rings (SSSR count). The number of benzene rings is 11. The highest BCUT2D eigenvalue weighted by Gasteiger charge is 2.20. The van der Waals surface area contributed by atoms with Crippen molar-refractivity contribution in [2.45, 2.75) is 0 Å². The largest absolute Gasteiger partial charge is 0.455 e. The standard InChI is InChI=1S/C60H38N2O/c1-2-20-48-46(18-1)47-19-3-4-21-49(47)55-38-43(35-36-50(48)55)61(42-16-13-15-40(37-42)45-25-14-26-54-53-24-8-12-30-59(53)63-60(45)54)41-33-31-39(32-34-41)44-17-5-9-27-56(44)62-57-28-10-6-22-51(57)52-23-7-11-29-58(52)62/h1-38H. The van der Waals surface area contributed by atoms with Gasteiger partial charge in [0.15, 0.2) is 0 Å². The van der Waals surface area contributed by atoms with Crippen LogP contribution in [0.3, 0.4) is 0 Å². The molecular weight excluding hydrogens is 765 g/mol. The normalized spacial score (nSPS) is 11.8. The van der Waals surface area contributed by atoms with E-state index in [9.17, 15) is 0 Å². The summed E-state index contributed by atoms with van der Waals surface area (Å²) in [5.74, 6) is 0. The topological polar surface area (TPSA) is 21.3 Å². The maximum Gasteiger partial charge on any atom is 0.143 e. The maximum absolute atomic E-state index is 6.56. The van der Waals surface area contributed by atoms with Crippen LogP contribution in [0.1, 0.15) is 0 Å². The average Bonchev–Trinajstić information content (AvgIpc) is 3.91. The molecule has 0 bridgehead atoms. The Kier molecular flexibility index (Phi) is 7.91. The molecule has 0 fully saturated rings. The zero-order valence-electron chi connectivity index (χ0n) is 34.2. The Bertz CT molecular complexity index is 3840. The van der Waals surface area contributed by atoms with E-state index in [0.29, 0.717) is 0 Å². The fourth-order valence-electron chi connectivity index (χ4n) is 10.2. The van der Waals surface area contributed by atoms with E-state index >= 15 is 0 Å². The molecule has 0 spiro atoms. The van der Waals surface area contributed by atoms with Gasteiger partial charge in [0.2, 0.25) is 0 Å². The van der Waals surface area contributed by atoms with Gasteiger partial charge in [-0.25, -0.2) is 0 Å². The second-order valence-electron chi connectivity index (χ2n) is 16.4. The summed E-state index contributed by atoms with van der Waals surface area (Å²) in [6, 6.07) is 83.5. The Hall–Kier alpha value is -8.40. The molecule has 3 nitrogen and oxygen atoms in total. The van der Waals surface area contributed by atoms with Crippen LogP contribution < -0.4 is 4.90 Å². The number of anilines is 3. The van der Waals surface area contributed by atoms with E-state index in [-0.39, 0.29) is 0 Å². The SMILES string of the molecule is c1cc(-c2cccc3c2oc2ccccc23)cc(N(c2ccc(-c3ccccc3-n3c4ccccc4c4ccccc43)cc2)c2ccc3c4ccccc4c4ccccc4c3c2)c1. The van der Waals surface area contributed by atoms with Crippen molar-refractivity contribution in [1.82, 2.24) is 4.57 Å². The van der Waals surface area contributed by atoms with E-state index in [4.69, 9.17) is 4.42 Å². The summed E-state index contributed by atoms with van der Waals surface area (Å²) in [4.78, 5) is 2.40.